The number of hydrogen-bond donors (Lipinski definition) is 3. The van der Waals surface area contributed by atoms with Crippen molar-refractivity contribution in [1.82, 2.24) is 20.4 Å². The van der Waals surface area contributed by atoms with E-state index in [-0.39, 0.29) is 17.9 Å². The Hall–Kier alpha value is -1.81. The van der Waals surface area contributed by atoms with Crippen LogP contribution in [0, 0.1) is 10.8 Å². The second-order valence-electron chi connectivity index (χ2n) is 10.8. The number of amides is 3. The van der Waals surface area contributed by atoms with Gasteiger partial charge in [-0.15, -0.1) is 0 Å². The molecule has 0 saturated carbocycles. The van der Waals surface area contributed by atoms with Gasteiger partial charge in [0.05, 0.1) is 6.04 Å². The molecule has 1 rings (SSSR count). The lowest BCUT2D eigenvalue weighted by atomic mass is 9.86. The molecule has 0 aromatic heterocycles. The van der Waals surface area contributed by atoms with Gasteiger partial charge in [-0.05, 0) is 37.8 Å². The van der Waals surface area contributed by atoms with Crippen LogP contribution in [0.1, 0.15) is 53.9 Å². The van der Waals surface area contributed by atoms with E-state index in [0.717, 1.165) is 0 Å². The van der Waals surface area contributed by atoms with Gasteiger partial charge < -0.3 is 26.2 Å². The fourth-order valence-corrected chi connectivity index (χ4v) is 3.89. The highest BCUT2D eigenvalue weighted by atomic mass is 19.3. The molecule has 0 radical (unpaired) electrons. The first-order valence-corrected chi connectivity index (χ1v) is 11.1. The van der Waals surface area contributed by atoms with Crippen molar-refractivity contribution in [2.45, 2.75) is 78.4 Å². The normalized spacial score (nSPS) is 19.2. The number of hydrogen-bond acceptors (Lipinski definition) is 5. The Balaban J connectivity index is 2.86. The zero-order chi connectivity index (χ0) is 24.9. The van der Waals surface area contributed by atoms with Crippen LogP contribution in [0.4, 0.5) is 8.78 Å². The molecule has 1 heterocycles. The van der Waals surface area contributed by atoms with E-state index in [1.54, 1.807) is 0 Å². The first-order chi connectivity index (χ1) is 14.5. The van der Waals surface area contributed by atoms with Crippen molar-refractivity contribution in [1.29, 1.82) is 0 Å². The van der Waals surface area contributed by atoms with Crippen LogP contribution in [-0.2, 0) is 14.4 Å². The molecule has 0 aromatic rings. The minimum atomic E-state index is -2.77. The molecule has 3 amide bonds. The smallest absolute Gasteiger partial charge is 0.243 e. The number of nitrogens with zero attached hydrogens (tertiary/aromatic N) is 2. The van der Waals surface area contributed by atoms with Crippen molar-refractivity contribution < 1.29 is 23.2 Å². The second-order valence-corrected chi connectivity index (χ2v) is 10.8. The third kappa shape index (κ3) is 8.61. The Labute approximate surface area is 190 Å². The molecule has 0 aliphatic carbocycles. The molecule has 0 bridgehead atoms. The third-order valence-corrected chi connectivity index (χ3v) is 5.57. The number of nitrogens with one attached hydrogen (secondary N) is 2. The summed E-state index contributed by atoms with van der Waals surface area (Å²) in [5.41, 5.74) is 5.31. The highest BCUT2D eigenvalue weighted by molar-refractivity contribution is 5.93. The van der Waals surface area contributed by atoms with E-state index in [4.69, 9.17) is 5.73 Å². The van der Waals surface area contributed by atoms with Crippen molar-refractivity contribution in [3.05, 3.63) is 0 Å². The summed E-state index contributed by atoms with van der Waals surface area (Å²) in [6.07, 6.45) is -2.57. The Bertz CT molecular complexity index is 664. The van der Waals surface area contributed by atoms with Gasteiger partial charge in [0.1, 0.15) is 12.1 Å². The van der Waals surface area contributed by atoms with Crippen molar-refractivity contribution >= 4 is 17.7 Å². The Morgan fingerprint density at radius 2 is 1.75 bits per heavy atom. The lowest BCUT2D eigenvalue weighted by molar-refractivity contribution is -0.142. The summed E-state index contributed by atoms with van der Waals surface area (Å²) in [6, 6.07) is -3.00. The number of halogens is 2. The maximum atomic E-state index is 13.1. The molecule has 1 aliphatic heterocycles. The molecule has 1 aliphatic rings. The van der Waals surface area contributed by atoms with Crippen molar-refractivity contribution in [3.63, 3.8) is 0 Å². The molecule has 0 unspecified atom stereocenters. The largest absolute Gasteiger partial charge is 0.354 e. The maximum absolute atomic E-state index is 13.1. The highest BCUT2D eigenvalue weighted by Crippen LogP contribution is 2.24. The van der Waals surface area contributed by atoms with Gasteiger partial charge >= 0.3 is 0 Å². The quantitative estimate of drug-likeness (QED) is 0.453. The summed E-state index contributed by atoms with van der Waals surface area (Å²) in [5, 5.41) is 5.14. The number of alkyl halides is 2. The lowest BCUT2D eigenvalue weighted by Gasteiger charge is -2.33. The minimum Gasteiger partial charge on any atom is -0.354 e. The van der Waals surface area contributed by atoms with Gasteiger partial charge in [0, 0.05) is 26.1 Å². The zero-order valence-corrected chi connectivity index (χ0v) is 20.5. The summed E-state index contributed by atoms with van der Waals surface area (Å²) in [6.45, 7) is 10.7. The molecule has 186 valence electrons. The molecule has 0 aromatic carbocycles. The predicted octanol–water partition coefficient (Wildman–Crippen LogP) is 1.19. The second kappa shape index (κ2) is 11.4. The monoisotopic (exact) mass is 461 g/mol. The molecule has 10 heteroatoms. The van der Waals surface area contributed by atoms with Crippen LogP contribution in [-0.4, -0.2) is 85.8 Å². The molecular weight excluding hydrogens is 420 g/mol. The predicted molar refractivity (Wildman–Crippen MR) is 120 cm³/mol. The van der Waals surface area contributed by atoms with Crippen LogP contribution in [0.5, 0.6) is 0 Å². The molecule has 8 nitrogen and oxygen atoms in total. The van der Waals surface area contributed by atoms with Gasteiger partial charge in [-0.3, -0.25) is 14.4 Å². The van der Waals surface area contributed by atoms with Crippen LogP contribution in [0.15, 0.2) is 0 Å². The third-order valence-electron chi connectivity index (χ3n) is 5.57. The fourth-order valence-electron chi connectivity index (χ4n) is 3.89. The maximum Gasteiger partial charge on any atom is 0.243 e. The summed E-state index contributed by atoms with van der Waals surface area (Å²) in [4.78, 5) is 41.7. The number of rotatable bonds is 10. The van der Waals surface area contributed by atoms with Gasteiger partial charge in [-0.2, -0.15) is 0 Å². The van der Waals surface area contributed by atoms with E-state index in [9.17, 15) is 23.2 Å². The molecule has 4 N–H and O–H groups in total. The fraction of sp³-hybridized carbons (Fsp3) is 0.864. The zero-order valence-electron chi connectivity index (χ0n) is 20.5. The highest BCUT2D eigenvalue weighted by Gasteiger charge is 2.40. The minimum absolute atomic E-state index is 0.272. The average Bonchev–Trinajstić information content (AvgIpc) is 3.12. The standard InChI is InChI=1S/C22H41F2N5O3/c1-21(2,3)17(25)20(32)29-10-8-9-15(29)19(31)27-14(11-16(23)24)18(30)26-12-22(4,5)13-28(6)7/h14-17H,8-13,25H2,1-7H3,(H,26,30)(H,27,31)/t14-,15-,17+/m0/s1. The van der Waals surface area contributed by atoms with Crippen LogP contribution < -0.4 is 16.4 Å². The Morgan fingerprint density at radius 1 is 1.16 bits per heavy atom. The number of carbonyl (C=O) groups is 3. The van der Waals surface area contributed by atoms with E-state index in [0.29, 0.717) is 25.9 Å². The van der Waals surface area contributed by atoms with Crippen molar-refractivity contribution in [3.8, 4) is 0 Å². The number of nitrogens with two attached hydrogens (primary N) is 1. The van der Waals surface area contributed by atoms with Gasteiger partial charge in [-0.25, -0.2) is 8.78 Å². The summed E-state index contributed by atoms with van der Waals surface area (Å²) >= 11 is 0. The van der Waals surface area contributed by atoms with E-state index in [1.165, 1.54) is 4.90 Å². The summed E-state index contributed by atoms with van der Waals surface area (Å²) in [5.74, 6) is -1.62. The first-order valence-electron chi connectivity index (χ1n) is 11.1. The molecule has 32 heavy (non-hydrogen) atoms. The first kappa shape index (κ1) is 28.2. The van der Waals surface area contributed by atoms with Gasteiger partial charge in [0.15, 0.2) is 0 Å². The molecule has 1 saturated heterocycles. The van der Waals surface area contributed by atoms with E-state index in [2.05, 4.69) is 10.6 Å². The Kier molecular flexibility index (Phi) is 10.0. The van der Waals surface area contributed by atoms with Crippen LogP contribution in [0.25, 0.3) is 0 Å². The van der Waals surface area contributed by atoms with Crippen LogP contribution in [0.3, 0.4) is 0 Å². The summed E-state index contributed by atoms with van der Waals surface area (Å²) < 4.78 is 26.3. The van der Waals surface area contributed by atoms with Gasteiger partial charge in [0.25, 0.3) is 0 Å². The molecular formula is C22H41F2N5O3. The molecule has 0 spiro atoms. The lowest BCUT2D eigenvalue weighted by Crippen LogP contribution is -2.57. The Morgan fingerprint density at radius 3 is 2.25 bits per heavy atom. The van der Waals surface area contributed by atoms with Gasteiger partial charge in [0.2, 0.25) is 24.1 Å². The number of carbonyl (C=O) groups excluding carboxylic acids is 3. The van der Waals surface area contributed by atoms with Gasteiger partial charge in [-0.1, -0.05) is 34.6 Å². The van der Waals surface area contributed by atoms with Crippen LogP contribution in [0.2, 0.25) is 0 Å². The average molecular weight is 462 g/mol. The van der Waals surface area contributed by atoms with E-state index < -0.39 is 48.2 Å². The SMILES string of the molecule is CN(C)CC(C)(C)CNC(=O)[C@H](CC(F)F)NC(=O)[C@@H]1CCCN1C(=O)[C@@H](N)C(C)(C)C. The molecule has 1 fully saturated rings. The summed E-state index contributed by atoms with van der Waals surface area (Å²) in [7, 11) is 3.81. The molecule has 3 atom stereocenters. The van der Waals surface area contributed by atoms with Crippen molar-refractivity contribution in [2.75, 3.05) is 33.7 Å². The van der Waals surface area contributed by atoms with E-state index in [1.807, 2.05) is 53.6 Å². The van der Waals surface area contributed by atoms with Crippen LogP contribution >= 0.6 is 0 Å². The number of likely N-dealkylation sites (tertiary alicyclic amines) is 1. The van der Waals surface area contributed by atoms with E-state index >= 15 is 0 Å². The van der Waals surface area contributed by atoms with Crippen molar-refractivity contribution in [2.24, 2.45) is 16.6 Å². The topological polar surface area (TPSA) is 108 Å².